The van der Waals surface area contributed by atoms with Crippen molar-refractivity contribution in [2.24, 2.45) is 0 Å². The molecule has 1 saturated carbocycles. The fourth-order valence-electron chi connectivity index (χ4n) is 2.94. The Morgan fingerprint density at radius 1 is 1.00 bits per heavy atom. The first-order valence-corrected chi connectivity index (χ1v) is 9.40. The molecule has 0 bridgehead atoms. The molecule has 0 saturated heterocycles. The molecule has 4 rings (SSSR count). The van der Waals surface area contributed by atoms with Gasteiger partial charge >= 0.3 is 0 Å². The minimum atomic E-state index is 0.575. The maximum absolute atomic E-state index is 4.51. The molecule has 1 aliphatic rings. The van der Waals surface area contributed by atoms with Gasteiger partial charge in [-0.05, 0) is 49.9 Å². The SMILES string of the molecule is Cc1cccc(CSc2nnc(C3CC3)n2-c2cccc(C)c2)c1. The van der Waals surface area contributed by atoms with Crippen LogP contribution in [0.15, 0.2) is 53.7 Å². The summed E-state index contributed by atoms with van der Waals surface area (Å²) in [5, 5.41) is 9.99. The number of benzene rings is 2. The van der Waals surface area contributed by atoms with E-state index in [1.165, 1.54) is 35.2 Å². The van der Waals surface area contributed by atoms with Crippen molar-refractivity contribution in [1.29, 1.82) is 0 Å². The second kappa shape index (κ2) is 6.44. The quantitative estimate of drug-likeness (QED) is 0.611. The van der Waals surface area contributed by atoms with Gasteiger partial charge in [-0.25, -0.2) is 0 Å². The van der Waals surface area contributed by atoms with Crippen molar-refractivity contribution < 1.29 is 0 Å². The summed E-state index contributed by atoms with van der Waals surface area (Å²) in [7, 11) is 0. The molecule has 3 aromatic rings. The number of hydrogen-bond donors (Lipinski definition) is 0. The number of aryl methyl sites for hydroxylation is 2. The van der Waals surface area contributed by atoms with E-state index in [1.807, 2.05) is 0 Å². The fourth-order valence-corrected chi connectivity index (χ4v) is 3.84. The van der Waals surface area contributed by atoms with Crippen LogP contribution in [-0.2, 0) is 5.75 Å². The van der Waals surface area contributed by atoms with Crippen LogP contribution in [0.4, 0.5) is 0 Å². The number of nitrogens with zero attached hydrogens (tertiary/aromatic N) is 3. The molecule has 0 aliphatic heterocycles. The van der Waals surface area contributed by atoms with Gasteiger partial charge in [-0.3, -0.25) is 4.57 Å². The van der Waals surface area contributed by atoms with Gasteiger partial charge in [-0.15, -0.1) is 10.2 Å². The smallest absolute Gasteiger partial charge is 0.196 e. The molecule has 0 radical (unpaired) electrons. The summed E-state index contributed by atoms with van der Waals surface area (Å²) in [6.07, 6.45) is 2.46. The van der Waals surface area contributed by atoms with Crippen molar-refractivity contribution >= 4 is 11.8 Å². The maximum Gasteiger partial charge on any atom is 0.196 e. The summed E-state index contributed by atoms with van der Waals surface area (Å²) in [5.41, 5.74) is 5.06. The van der Waals surface area contributed by atoms with Crippen LogP contribution in [0.25, 0.3) is 5.69 Å². The third-order valence-corrected chi connectivity index (χ3v) is 5.31. The molecular weight excluding hydrogens is 314 g/mol. The minimum Gasteiger partial charge on any atom is -0.274 e. The highest BCUT2D eigenvalue weighted by Crippen LogP contribution is 2.41. The molecule has 3 nitrogen and oxygen atoms in total. The third-order valence-electron chi connectivity index (χ3n) is 4.31. The zero-order chi connectivity index (χ0) is 16.5. The van der Waals surface area contributed by atoms with E-state index in [9.17, 15) is 0 Å². The third kappa shape index (κ3) is 3.24. The topological polar surface area (TPSA) is 30.7 Å². The Bertz CT molecular complexity index is 865. The zero-order valence-corrected chi connectivity index (χ0v) is 14.9. The fraction of sp³-hybridized carbons (Fsp3) is 0.300. The Morgan fingerprint density at radius 2 is 1.75 bits per heavy atom. The van der Waals surface area contributed by atoms with Crippen LogP contribution >= 0.6 is 11.8 Å². The van der Waals surface area contributed by atoms with Gasteiger partial charge in [0.25, 0.3) is 0 Å². The first-order chi connectivity index (χ1) is 11.7. The van der Waals surface area contributed by atoms with Gasteiger partial charge in [0.05, 0.1) is 0 Å². The summed E-state index contributed by atoms with van der Waals surface area (Å²) >= 11 is 1.76. The van der Waals surface area contributed by atoms with Crippen LogP contribution in [0.2, 0.25) is 0 Å². The highest BCUT2D eigenvalue weighted by molar-refractivity contribution is 7.98. The average molecular weight is 335 g/mol. The predicted octanol–water partition coefficient (Wildman–Crippen LogP) is 5.05. The lowest BCUT2D eigenvalue weighted by molar-refractivity contribution is 0.828. The van der Waals surface area contributed by atoms with E-state index >= 15 is 0 Å². The molecule has 2 aromatic carbocycles. The summed E-state index contributed by atoms with van der Waals surface area (Å²) < 4.78 is 2.26. The Labute approximate surface area is 147 Å². The average Bonchev–Trinajstić information content (AvgIpc) is 3.33. The van der Waals surface area contributed by atoms with Crippen molar-refractivity contribution in [3.8, 4) is 5.69 Å². The van der Waals surface area contributed by atoms with Crippen LogP contribution in [-0.4, -0.2) is 14.8 Å². The van der Waals surface area contributed by atoms with E-state index < -0.39 is 0 Å². The van der Waals surface area contributed by atoms with Gasteiger partial charge in [0, 0.05) is 17.4 Å². The van der Waals surface area contributed by atoms with E-state index in [2.05, 4.69) is 77.1 Å². The van der Waals surface area contributed by atoms with Crippen molar-refractivity contribution in [1.82, 2.24) is 14.8 Å². The van der Waals surface area contributed by atoms with Crippen molar-refractivity contribution in [3.63, 3.8) is 0 Å². The normalized spacial score (nSPS) is 14.1. The van der Waals surface area contributed by atoms with Gasteiger partial charge in [0.2, 0.25) is 0 Å². The Morgan fingerprint density at radius 3 is 2.46 bits per heavy atom. The molecule has 4 heteroatoms. The lowest BCUT2D eigenvalue weighted by Gasteiger charge is -2.10. The molecule has 0 spiro atoms. The Kier molecular flexibility index (Phi) is 4.15. The molecule has 0 N–H and O–H groups in total. The zero-order valence-electron chi connectivity index (χ0n) is 14.1. The standard InChI is InChI=1S/C20H21N3S/c1-14-5-3-7-16(11-14)13-24-20-22-21-19(17-9-10-17)23(20)18-8-4-6-15(2)12-18/h3-8,11-12,17H,9-10,13H2,1-2H3. The Balaban J connectivity index is 1.65. The molecule has 1 aromatic heterocycles. The number of aromatic nitrogens is 3. The van der Waals surface area contributed by atoms with Gasteiger partial charge in [-0.2, -0.15) is 0 Å². The van der Waals surface area contributed by atoms with E-state index in [0.717, 1.165) is 16.7 Å². The molecule has 0 unspecified atom stereocenters. The van der Waals surface area contributed by atoms with E-state index in [-0.39, 0.29) is 0 Å². The summed E-state index contributed by atoms with van der Waals surface area (Å²) in [5.74, 6) is 2.61. The number of hydrogen-bond acceptors (Lipinski definition) is 3. The summed E-state index contributed by atoms with van der Waals surface area (Å²) in [6, 6.07) is 17.3. The van der Waals surface area contributed by atoms with Crippen LogP contribution < -0.4 is 0 Å². The summed E-state index contributed by atoms with van der Waals surface area (Å²) in [6.45, 7) is 4.26. The number of thioether (sulfide) groups is 1. The molecule has 24 heavy (non-hydrogen) atoms. The summed E-state index contributed by atoms with van der Waals surface area (Å²) in [4.78, 5) is 0. The number of rotatable bonds is 5. The van der Waals surface area contributed by atoms with E-state index in [1.54, 1.807) is 11.8 Å². The van der Waals surface area contributed by atoms with Gasteiger partial charge in [0.1, 0.15) is 5.82 Å². The monoisotopic (exact) mass is 335 g/mol. The molecule has 0 atom stereocenters. The first kappa shape index (κ1) is 15.5. The van der Waals surface area contributed by atoms with Gasteiger partial charge < -0.3 is 0 Å². The molecule has 0 amide bonds. The Hall–Kier alpha value is -2.07. The maximum atomic E-state index is 4.51. The van der Waals surface area contributed by atoms with Crippen LogP contribution in [0.5, 0.6) is 0 Å². The molecule has 122 valence electrons. The minimum absolute atomic E-state index is 0.575. The molecular formula is C20H21N3S. The van der Waals surface area contributed by atoms with Crippen molar-refractivity contribution in [2.45, 2.75) is 43.5 Å². The molecule has 1 aliphatic carbocycles. The highest BCUT2D eigenvalue weighted by atomic mass is 32.2. The second-order valence-corrected chi connectivity index (χ2v) is 7.51. The lowest BCUT2D eigenvalue weighted by atomic mass is 10.2. The predicted molar refractivity (Wildman–Crippen MR) is 98.8 cm³/mol. The van der Waals surface area contributed by atoms with Crippen molar-refractivity contribution in [3.05, 3.63) is 71.0 Å². The van der Waals surface area contributed by atoms with Gasteiger partial charge in [-0.1, -0.05) is 53.7 Å². The largest absolute Gasteiger partial charge is 0.274 e. The highest BCUT2D eigenvalue weighted by Gasteiger charge is 2.31. The van der Waals surface area contributed by atoms with Crippen molar-refractivity contribution in [2.75, 3.05) is 0 Å². The van der Waals surface area contributed by atoms with E-state index in [0.29, 0.717) is 5.92 Å². The van der Waals surface area contributed by atoms with Gasteiger partial charge in [0.15, 0.2) is 5.16 Å². The van der Waals surface area contributed by atoms with Crippen LogP contribution in [0.3, 0.4) is 0 Å². The molecule has 1 fully saturated rings. The second-order valence-electron chi connectivity index (χ2n) is 6.57. The van der Waals surface area contributed by atoms with Crippen LogP contribution in [0, 0.1) is 13.8 Å². The molecule has 1 heterocycles. The lowest BCUT2D eigenvalue weighted by Crippen LogP contribution is -2.02. The first-order valence-electron chi connectivity index (χ1n) is 8.41. The van der Waals surface area contributed by atoms with Crippen LogP contribution in [0.1, 0.15) is 41.3 Å². The van der Waals surface area contributed by atoms with E-state index in [4.69, 9.17) is 0 Å².